The fraction of sp³-hybridized carbons (Fsp3) is 0.300. The molecule has 0 spiro atoms. The van der Waals surface area contributed by atoms with E-state index in [-0.39, 0.29) is 11.5 Å². The van der Waals surface area contributed by atoms with Gasteiger partial charge in [-0.25, -0.2) is 4.98 Å². The summed E-state index contributed by atoms with van der Waals surface area (Å²) in [6.07, 6.45) is 3.39. The predicted octanol–water partition coefficient (Wildman–Crippen LogP) is 6.83. The second-order valence-electron chi connectivity index (χ2n) is 8.91. The molecule has 0 N–H and O–H groups in total. The number of para-hydroxylation sites is 3. The lowest BCUT2D eigenvalue weighted by Gasteiger charge is -2.33. The summed E-state index contributed by atoms with van der Waals surface area (Å²) in [5, 5.41) is 0.901. The zero-order valence-corrected chi connectivity index (χ0v) is 22.2. The number of rotatable bonds is 10. The molecule has 1 aromatic heterocycles. The summed E-state index contributed by atoms with van der Waals surface area (Å²) in [6.45, 7) is 4.65. The van der Waals surface area contributed by atoms with Crippen LogP contribution in [-0.2, 0) is 0 Å². The van der Waals surface area contributed by atoms with E-state index in [0.29, 0.717) is 51.7 Å². The molecule has 0 aliphatic rings. The molecular weight excluding hydrogens is 486 g/mol. The largest absolute Gasteiger partial charge is 0.495 e. The van der Waals surface area contributed by atoms with Crippen LogP contribution in [0.5, 0.6) is 5.75 Å². The maximum absolute atomic E-state index is 14.0. The minimum absolute atomic E-state index is 0.178. The van der Waals surface area contributed by atoms with E-state index < -0.39 is 6.04 Å². The lowest BCUT2D eigenvalue weighted by atomic mass is 10.1. The molecule has 1 unspecified atom stereocenters. The Balaban J connectivity index is 1.97. The van der Waals surface area contributed by atoms with E-state index >= 15 is 0 Å². The molecule has 37 heavy (non-hydrogen) atoms. The van der Waals surface area contributed by atoms with Crippen molar-refractivity contribution < 1.29 is 9.53 Å². The fourth-order valence-electron chi connectivity index (χ4n) is 4.68. The van der Waals surface area contributed by atoms with Crippen LogP contribution in [0, 0.1) is 0 Å². The lowest BCUT2D eigenvalue weighted by Crippen LogP contribution is -2.39. The van der Waals surface area contributed by atoms with E-state index in [1.165, 1.54) is 0 Å². The lowest BCUT2D eigenvalue weighted by molar-refractivity contribution is 0.0655. The number of fused-ring (bicyclic) bond motifs is 1. The van der Waals surface area contributed by atoms with E-state index in [4.69, 9.17) is 21.3 Å². The second-order valence-corrected chi connectivity index (χ2v) is 9.32. The molecule has 1 atom stereocenters. The molecule has 0 saturated heterocycles. The predicted molar refractivity (Wildman–Crippen MR) is 149 cm³/mol. The van der Waals surface area contributed by atoms with E-state index in [2.05, 4.69) is 6.92 Å². The first-order valence-electron chi connectivity index (χ1n) is 12.7. The van der Waals surface area contributed by atoms with Gasteiger partial charge < -0.3 is 9.64 Å². The summed E-state index contributed by atoms with van der Waals surface area (Å²) in [6, 6.07) is 21.3. The third-order valence-electron chi connectivity index (χ3n) is 6.56. The van der Waals surface area contributed by atoms with Crippen molar-refractivity contribution in [1.82, 2.24) is 14.5 Å². The van der Waals surface area contributed by atoms with Gasteiger partial charge >= 0.3 is 0 Å². The first kappa shape index (κ1) is 26.4. The van der Waals surface area contributed by atoms with Gasteiger partial charge in [0.25, 0.3) is 11.5 Å². The van der Waals surface area contributed by atoms with Gasteiger partial charge in [-0.2, -0.15) is 0 Å². The zero-order chi connectivity index (χ0) is 26.4. The summed E-state index contributed by atoms with van der Waals surface area (Å²) in [5.41, 5.74) is 1.40. The van der Waals surface area contributed by atoms with Crippen molar-refractivity contribution in [1.29, 1.82) is 0 Å². The number of nitrogens with zero attached hydrogens (tertiary/aromatic N) is 3. The number of benzene rings is 3. The Labute approximate surface area is 222 Å². The van der Waals surface area contributed by atoms with Crippen LogP contribution in [0.2, 0.25) is 5.02 Å². The molecule has 4 aromatic rings. The first-order valence-corrected chi connectivity index (χ1v) is 13.1. The van der Waals surface area contributed by atoms with Crippen LogP contribution < -0.4 is 10.3 Å². The van der Waals surface area contributed by atoms with Gasteiger partial charge in [0.05, 0.1) is 40.3 Å². The number of aromatic nitrogens is 2. The van der Waals surface area contributed by atoms with Gasteiger partial charge in [-0.15, -0.1) is 0 Å². The standard InChI is InChI=1S/C30H32ClN3O3/c1-4-6-13-20-33(29(35)21-14-7-9-16-23(21)31)25(5-2)28-32-24-17-10-8-15-22(24)30(36)34(28)26-18-11-12-19-27(26)37-3/h7-12,14-19,25H,4-6,13,20H2,1-3H3. The average Bonchev–Trinajstić information content (AvgIpc) is 2.93. The number of ether oxygens (including phenoxy) is 1. The molecule has 0 aliphatic carbocycles. The third kappa shape index (κ3) is 5.39. The number of halogens is 1. The van der Waals surface area contributed by atoms with E-state index in [0.717, 1.165) is 19.3 Å². The van der Waals surface area contributed by atoms with Gasteiger partial charge in [-0.3, -0.25) is 14.2 Å². The van der Waals surface area contributed by atoms with Crippen LogP contribution in [0.3, 0.4) is 0 Å². The molecule has 0 fully saturated rings. The van der Waals surface area contributed by atoms with E-state index in [9.17, 15) is 9.59 Å². The van der Waals surface area contributed by atoms with Crippen molar-refractivity contribution in [2.45, 2.75) is 45.6 Å². The van der Waals surface area contributed by atoms with Crippen LogP contribution in [0.4, 0.5) is 0 Å². The Morgan fingerprint density at radius 2 is 1.70 bits per heavy atom. The number of hydrogen-bond acceptors (Lipinski definition) is 4. The van der Waals surface area contributed by atoms with Crippen LogP contribution in [0.15, 0.2) is 77.6 Å². The number of amides is 1. The van der Waals surface area contributed by atoms with Gasteiger partial charge in [0.2, 0.25) is 0 Å². The quantitative estimate of drug-likeness (QED) is 0.216. The molecule has 7 heteroatoms. The van der Waals surface area contributed by atoms with Crippen LogP contribution in [0.25, 0.3) is 16.6 Å². The zero-order valence-electron chi connectivity index (χ0n) is 21.5. The highest BCUT2D eigenvalue weighted by molar-refractivity contribution is 6.33. The van der Waals surface area contributed by atoms with Gasteiger partial charge in [0, 0.05) is 6.54 Å². The molecule has 0 aliphatic heterocycles. The third-order valence-corrected chi connectivity index (χ3v) is 6.89. The summed E-state index contributed by atoms with van der Waals surface area (Å²) in [4.78, 5) is 34.7. The highest BCUT2D eigenvalue weighted by Crippen LogP contribution is 2.31. The monoisotopic (exact) mass is 517 g/mol. The summed E-state index contributed by atoms with van der Waals surface area (Å²) >= 11 is 6.45. The number of carbonyl (C=O) groups excluding carboxylic acids is 1. The maximum atomic E-state index is 14.0. The van der Waals surface area contributed by atoms with Crippen LogP contribution in [-0.4, -0.2) is 34.0 Å². The van der Waals surface area contributed by atoms with Gasteiger partial charge in [0.1, 0.15) is 11.6 Å². The van der Waals surface area contributed by atoms with Gasteiger partial charge in [-0.05, 0) is 49.2 Å². The molecular formula is C30H32ClN3O3. The molecule has 192 valence electrons. The van der Waals surface area contributed by atoms with Crippen molar-refractivity contribution in [2.75, 3.05) is 13.7 Å². The van der Waals surface area contributed by atoms with Gasteiger partial charge in [0.15, 0.2) is 0 Å². The molecule has 0 bridgehead atoms. The molecule has 0 radical (unpaired) electrons. The minimum Gasteiger partial charge on any atom is -0.495 e. The van der Waals surface area contributed by atoms with Crippen molar-refractivity contribution in [3.05, 3.63) is 99.6 Å². The van der Waals surface area contributed by atoms with Gasteiger partial charge in [-0.1, -0.05) is 74.7 Å². The molecule has 1 heterocycles. The Hall–Kier alpha value is -3.64. The summed E-state index contributed by atoms with van der Waals surface area (Å²) in [5.74, 6) is 0.864. The fourth-order valence-corrected chi connectivity index (χ4v) is 4.90. The van der Waals surface area contributed by atoms with Crippen molar-refractivity contribution in [3.63, 3.8) is 0 Å². The van der Waals surface area contributed by atoms with Crippen LogP contribution >= 0.6 is 11.6 Å². The number of hydrogen-bond donors (Lipinski definition) is 0. The molecule has 4 rings (SSSR count). The Morgan fingerprint density at radius 1 is 1.00 bits per heavy atom. The summed E-state index contributed by atoms with van der Waals surface area (Å²) < 4.78 is 7.22. The molecule has 1 amide bonds. The normalized spacial score (nSPS) is 11.9. The topological polar surface area (TPSA) is 64.4 Å². The van der Waals surface area contributed by atoms with E-state index in [1.54, 1.807) is 29.9 Å². The highest BCUT2D eigenvalue weighted by Gasteiger charge is 2.30. The van der Waals surface area contributed by atoms with E-state index in [1.807, 2.05) is 66.4 Å². The van der Waals surface area contributed by atoms with Crippen molar-refractivity contribution in [3.8, 4) is 11.4 Å². The SMILES string of the molecule is CCCCCN(C(=O)c1ccccc1Cl)C(CC)c1nc2ccccc2c(=O)n1-c1ccccc1OC. The molecule has 3 aromatic carbocycles. The minimum atomic E-state index is -0.470. The van der Waals surface area contributed by atoms with Crippen LogP contribution in [0.1, 0.15) is 61.8 Å². The van der Waals surface area contributed by atoms with Crippen molar-refractivity contribution >= 4 is 28.4 Å². The number of carbonyl (C=O) groups is 1. The smallest absolute Gasteiger partial charge is 0.266 e. The average molecular weight is 518 g/mol. The van der Waals surface area contributed by atoms with Crippen molar-refractivity contribution in [2.24, 2.45) is 0 Å². The Kier molecular flexibility index (Phi) is 8.62. The second kappa shape index (κ2) is 12.1. The molecule has 0 saturated carbocycles. The first-order chi connectivity index (χ1) is 18.0. The highest BCUT2D eigenvalue weighted by atomic mass is 35.5. The summed E-state index contributed by atoms with van der Waals surface area (Å²) in [7, 11) is 1.58. The number of methoxy groups -OCH3 is 1. The Bertz CT molecular complexity index is 1450. The maximum Gasteiger partial charge on any atom is 0.266 e. The Morgan fingerprint density at radius 3 is 2.43 bits per heavy atom. The molecule has 6 nitrogen and oxygen atoms in total. The number of unbranched alkanes of at least 4 members (excludes halogenated alkanes) is 2.